The normalized spacial score (nSPS) is 10.2. The van der Waals surface area contributed by atoms with Gasteiger partial charge in [-0.2, -0.15) is 0 Å². The van der Waals surface area contributed by atoms with Gasteiger partial charge < -0.3 is 9.84 Å². The average Bonchev–Trinajstić information content (AvgIpc) is 2.47. The Morgan fingerprint density at radius 3 is 2.40 bits per heavy atom. The van der Waals surface area contributed by atoms with E-state index in [1.54, 1.807) is 6.07 Å². The van der Waals surface area contributed by atoms with Gasteiger partial charge in [0.1, 0.15) is 5.75 Å². The summed E-state index contributed by atoms with van der Waals surface area (Å²) in [6, 6.07) is 18.0. The van der Waals surface area contributed by atoms with Gasteiger partial charge in [0.05, 0.1) is 0 Å². The van der Waals surface area contributed by atoms with E-state index in [4.69, 9.17) is 9.84 Å². The van der Waals surface area contributed by atoms with Crippen molar-refractivity contribution < 1.29 is 14.6 Å². The Kier molecular flexibility index (Phi) is 5.18. The fourth-order valence-corrected chi connectivity index (χ4v) is 2.08. The Bertz CT molecular complexity index is 549. The first kappa shape index (κ1) is 14.1. The van der Waals surface area contributed by atoms with Crippen LogP contribution >= 0.6 is 0 Å². The van der Waals surface area contributed by atoms with Crippen LogP contribution < -0.4 is 4.74 Å². The van der Waals surface area contributed by atoms with E-state index in [2.05, 4.69) is 24.3 Å². The minimum Gasteiger partial charge on any atom is -0.482 e. The van der Waals surface area contributed by atoms with Gasteiger partial charge in [0.2, 0.25) is 0 Å². The molecule has 2 aromatic carbocycles. The molecule has 2 rings (SSSR count). The van der Waals surface area contributed by atoms with Gasteiger partial charge in [0.25, 0.3) is 0 Å². The molecule has 0 atom stereocenters. The first-order valence-corrected chi connectivity index (χ1v) is 6.71. The largest absolute Gasteiger partial charge is 0.482 e. The SMILES string of the molecule is O=C(O)COc1cccc(CCCc2ccccc2)c1. The van der Waals surface area contributed by atoms with Crippen LogP contribution in [0.4, 0.5) is 0 Å². The lowest BCUT2D eigenvalue weighted by Gasteiger charge is -2.06. The molecule has 0 heterocycles. The highest BCUT2D eigenvalue weighted by Crippen LogP contribution is 2.15. The van der Waals surface area contributed by atoms with E-state index in [9.17, 15) is 4.79 Å². The predicted molar refractivity (Wildman–Crippen MR) is 78.0 cm³/mol. The third-order valence-electron chi connectivity index (χ3n) is 3.03. The number of carboxylic acids is 1. The number of aliphatic carboxylic acids is 1. The zero-order valence-electron chi connectivity index (χ0n) is 11.3. The molecule has 0 amide bonds. The molecule has 1 N–H and O–H groups in total. The third kappa shape index (κ3) is 4.76. The molecule has 0 aliphatic carbocycles. The summed E-state index contributed by atoms with van der Waals surface area (Å²) in [6.45, 7) is -0.298. The highest BCUT2D eigenvalue weighted by atomic mass is 16.5. The Morgan fingerprint density at radius 1 is 0.950 bits per heavy atom. The van der Waals surface area contributed by atoms with Crippen LogP contribution in [0.25, 0.3) is 0 Å². The molecule has 0 aliphatic heterocycles. The molecule has 20 heavy (non-hydrogen) atoms. The van der Waals surface area contributed by atoms with E-state index in [-0.39, 0.29) is 6.61 Å². The van der Waals surface area contributed by atoms with Crippen molar-refractivity contribution in [1.82, 2.24) is 0 Å². The maximum Gasteiger partial charge on any atom is 0.341 e. The summed E-state index contributed by atoms with van der Waals surface area (Å²) in [6.07, 6.45) is 3.06. The number of hydrogen-bond donors (Lipinski definition) is 1. The molecular formula is C17H18O3. The Hall–Kier alpha value is -2.29. The summed E-state index contributed by atoms with van der Waals surface area (Å²) in [5.74, 6) is -0.343. The second kappa shape index (κ2) is 7.34. The number of benzene rings is 2. The van der Waals surface area contributed by atoms with E-state index in [0.29, 0.717) is 5.75 Å². The van der Waals surface area contributed by atoms with E-state index < -0.39 is 5.97 Å². The van der Waals surface area contributed by atoms with Crippen LogP contribution in [0.2, 0.25) is 0 Å². The van der Waals surface area contributed by atoms with Gasteiger partial charge in [-0.05, 0) is 42.5 Å². The number of aryl methyl sites for hydroxylation is 2. The molecule has 0 aliphatic rings. The first-order chi connectivity index (χ1) is 9.74. The van der Waals surface area contributed by atoms with Crippen molar-refractivity contribution in [2.45, 2.75) is 19.3 Å². The standard InChI is InChI=1S/C17H18O3/c18-17(19)13-20-16-11-5-10-15(12-16)9-4-8-14-6-2-1-3-7-14/h1-3,5-7,10-12H,4,8-9,13H2,(H,18,19). The predicted octanol–water partition coefficient (Wildman–Crippen LogP) is 3.33. The maximum absolute atomic E-state index is 10.5. The molecule has 0 aromatic heterocycles. The van der Waals surface area contributed by atoms with Crippen molar-refractivity contribution in [2.75, 3.05) is 6.61 Å². The van der Waals surface area contributed by atoms with Crippen molar-refractivity contribution in [3.8, 4) is 5.75 Å². The maximum atomic E-state index is 10.5. The quantitative estimate of drug-likeness (QED) is 0.839. The highest BCUT2D eigenvalue weighted by Gasteiger charge is 2.01. The van der Waals surface area contributed by atoms with Crippen LogP contribution in [0.1, 0.15) is 17.5 Å². The van der Waals surface area contributed by atoms with Crippen molar-refractivity contribution in [3.05, 3.63) is 65.7 Å². The average molecular weight is 270 g/mol. The monoisotopic (exact) mass is 270 g/mol. The van der Waals surface area contributed by atoms with Gasteiger partial charge >= 0.3 is 5.97 Å². The van der Waals surface area contributed by atoms with Crippen LogP contribution in [-0.2, 0) is 17.6 Å². The van der Waals surface area contributed by atoms with Crippen molar-refractivity contribution in [2.24, 2.45) is 0 Å². The Morgan fingerprint density at radius 2 is 1.65 bits per heavy atom. The van der Waals surface area contributed by atoms with Crippen LogP contribution in [0.3, 0.4) is 0 Å². The fourth-order valence-electron chi connectivity index (χ4n) is 2.08. The van der Waals surface area contributed by atoms with Gasteiger partial charge in [-0.15, -0.1) is 0 Å². The molecule has 3 heteroatoms. The molecule has 0 radical (unpaired) electrons. The van der Waals surface area contributed by atoms with E-state index in [1.165, 1.54) is 11.1 Å². The first-order valence-electron chi connectivity index (χ1n) is 6.71. The van der Waals surface area contributed by atoms with Crippen molar-refractivity contribution >= 4 is 5.97 Å². The fraction of sp³-hybridized carbons (Fsp3) is 0.235. The molecule has 0 fully saturated rings. The van der Waals surface area contributed by atoms with Crippen LogP contribution in [0, 0.1) is 0 Å². The molecule has 0 bridgehead atoms. The highest BCUT2D eigenvalue weighted by molar-refractivity contribution is 5.68. The zero-order chi connectivity index (χ0) is 14.2. The minimum absolute atomic E-state index is 0.298. The van der Waals surface area contributed by atoms with Crippen LogP contribution in [-0.4, -0.2) is 17.7 Å². The number of hydrogen-bond acceptors (Lipinski definition) is 2. The molecule has 2 aromatic rings. The number of ether oxygens (including phenoxy) is 1. The van der Waals surface area contributed by atoms with Gasteiger partial charge in [0.15, 0.2) is 6.61 Å². The lowest BCUT2D eigenvalue weighted by molar-refractivity contribution is -0.139. The number of carbonyl (C=O) groups is 1. The number of rotatable bonds is 7. The molecule has 0 spiro atoms. The minimum atomic E-state index is -0.959. The van der Waals surface area contributed by atoms with E-state index >= 15 is 0 Å². The summed E-state index contributed by atoms with van der Waals surface area (Å²) in [7, 11) is 0. The lowest BCUT2D eigenvalue weighted by atomic mass is 10.0. The summed E-state index contributed by atoms with van der Waals surface area (Å²) >= 11 is 0. The van der Waals surface area contributed by atoms with E-state index in [1.807, 2.05) is 24.3 Å². The van der Waals surface area contributed by atoms with Gasteiger partial charge in [-0.3, -0.25) is 0 Å². The molecule has 0 saturated heterocycles. The second-order valence-corrected chi connectivity index (χ2v) is 4.67. The summed E-state index contributed by atoms with van der Waals surface area (Å²) < 4.78 is 5.17. The second-order valence-electron chi connectivity index (χ2n) is 4.67. The van der Waals surface area contributed by atoms with Crippen LogP contribution in [0.15, 0.2) is 54.6 Å². The van der Waals surface area contributed by atoms with Crippen molar-refractivity contribution in [1.29, 1.82) is 0 Å². The molecule has 0 saturated carbocycles. The summed E-state index contributed by atoms with van der Waals surface area (Å²) in [4.78, 5) is 10.5. The molecule has 104 valence electrons. The lowest BCUT2D eigenvalue weighted by Crippen LogP contribution is -2.09. The molecule has 0 unspecified atom stereocenters. The molecule has 3 nitrogen and oxygen atoms in total. The molecular weight excluding hydrogens is 252 g/mol. The Balaban J connectivity index is 1.83. The summed E-state index contributed by atoms with van der Waals surface area (Å²) in [5, 5.41) is 8.59. The summed E-state index contributed by atoms with van der Waals surface area (Å²) in [5.41, 5.74) is 2.51. The number of carboxylic acid groups (broad SMARTS) is 1. The van der Waals surface area contributed by atoms with Gasteiger partial charge in [-0.1, -0.05) is 42.5 Å². The van der Waals surface area contributed by atoms with Crippen LogP contribution in [0.5, 0.6) is 5.75 Å². The Labute approximate surface area is 118 Å². The topological polar surface area (TPSA) is 46.5 Å². The van der Waals surface area contributed by atoms with Gasteiger partial charge in [-0.25, -0.2) is 4.79 Å². The zero-order valence-corrected chi connectivity index (χ0v) is 11.3. The van der Waals surface area contributed by atoms with E-state index in [0.717, 1.165) is 19.3 Å². The van der Waals surface area contributed by atoms with Gasteiger partial charge in [0, 0.05) is 0 Å². The third-order valence-corrected chi connectivity index (χ3v) is 3.03. The van der Waals surface area contributed by atoms with Crippen molar-refractivity contribution in [3.63, 3.8) is 0 Å². The smallest absolute Gasteiger partial charge is 0.341 e.